The van der Waals surface area contributed by atoms with Crippen molar-refractivity contribution in [2.24, 2.45) is 0 Å². The number of hydrogen-bond donors (Lipinski definition) is 1. The first kappa shape index (κ1) is 20.2. The fraction of sp³-hybridized carbons (Fsp3) is 0.263. The van der Waals surface area contributed by atoms with Crippen molar-refractivity contribution in [1.29, 1.82) is 0 Å². The minimum absolute atomic E-state index is 0.128. The third kappa shape index (κ3) is 5.19. The zero-order valence-corrected chi connectivity index (χ0v) is 16.0. The first-order valence-corrected chi connectivity index (χ1v) is 8.84. The number of likely N-dealkylation sites (N-methyl/N-ethyl adjacent to an activating group) is 1. The molecule has 0 aromatic heterocycles. The standard InChI is InChI=1S/C19H19Cl2FN2O2/c1-3-24(19(26)10-14-15(21)5-4-6-16(14)22)11-18(25)23-17-9-13(20)8-7-12(17)2/h4-9H,3,10-11H2,1-2H3,(H,23,25). The highest BCUT2D eigenvalue weighted by molar-refractivity contribution is 6.31. The molecule has 0 aliphatic heterocycles. The van der Waals surface area contributed by atoms with Crippen LogP contribution in [-0.2, 0) is 16.0 Å². The van der Waals surface area contributed by atoms with Crippen LogP contribution in [0.2, 0.25) is 10.0 Å². The van der Waals surface area contributed by atoms with Crippen LogP contribution >= 0.6 is 23.2 Å². The summed E-state index contributed by atoms with van der Waals surface area (Å²) in [6, 6.07) is 9.42. The molecule has 2 aromatic carbocycles. The summed E-state index contributed by atoms with van der Waals surface area (Å²) in [6.07, 6.45) is -0.206. The number of aryl methyl sites for hydroxylation is 1. The molecule has 26 heavy (non-hydrogen) atoms. The molecule has 0 saturated carbocycles. The second-order valence-corrected chi connectivity index (χ2v) is 6.64. The Kier molecular flexibility index (Phi) is 7.00. The number of anilines is 1. The highest BCUT2D eigenvalue weighted by Crippen LogP contribution is 2.21. The van der Waals surface area contributed by atoms with E-state index in [2.05, 4.69) is 5.32 Å². The Morgan fingerprint density at radius 1 is 1.19 bits per heavy atom. The molecule has 2 amide bonds. The van der Waals surface area contributed by atoms with Crippen molar-refractivity contribution in [3.05, 3.63) is 63.4 Å². The lowest BCUT2D eigenvalue weighted by atomic mass is 10.1. The summed E-state index contributed by atoms with van der Waals surface area (Å²) in [7, 11) is 0. The summed E-state index contributed by atoms with van der Waals surface area (Å²) in [5.74, 6) is -1.27. The van der Waals surface area contributed by atoms with Crippen LogP contribution in [0.15, 0.2) is 36.4 Å². The SMILES string of the molecule is CCN(CC(=O)Nc1cc(Cl)ccc1C)C(=O)Cc1c(F)cccc1Cl. The quantitative estimate of drug-likeness (QED) is 0.782. The van der Waals surface area contributed by atoms with Gasteiger partial charge in [0.25, 0.3) is 0 Å². The molecule has 0 unspecified atom stereocenters. The Morgan fingerprint density at radius 3 is 2.58 bits per heavy atom. The van der Waals surface area contributed by atoms with Gasteiger partial charge in [0.2, 0.25) is 11.8 Å². The summed E-state index contributed by atoms with van der Waals surface area (Å²) >= 11 is 11.9. The van der Waals surface area contributed by atoms with E-state index >= 15 is 0 Å². The van der Waals surface area contributed by atoms with Gasteiger partial charge in [-0.05, 0) is 43.7 Å². The smallest absolute Gasteiger partial charge is 0.244 e. The number of carbonyl (C=O) groups excluding carboxylic acids is 2. The van der Waals surface area contributed by atoms with Gasteiger partial charge in [0.05, 0.1) is 13.0 Å². The van der Waals surface area contributed by atoms with Crippen molar-refractivity contribution in [1.82, 2.24) is 4.90 Å². The maximum atomic E-state index is 13.9. The van der Waals surface area contributed by atoms with Crippen LogP contribution in [0.4, 0.5) is 10.1 Å². The normalized spacial score (nSPS) is 10.5. The van der Waals surface area contributed by atoms with E-state index in [0.717, 1.165) is 5.56 Å². The first-order chi connectivity index (χ1) is 12.3. The van der Waals surface area contributed by atoms with Crippen molar-refractivity contribution in [2.45, 2.75) is 20.3 Å². The van der Waals surface area contributed by atoms with Gasteiger partial charge in [0.1, 0.15) is 5.82 Å². The second-order valence-electron chi connectivity index (χ2n) is 5.79. The topological polar surface area (TPSA) is 49.4 Å². The van der Waals surface area contributed by atoms with Crippen molar-refractivity contribution < 1.29 is 14.0 Å². The molecule has 0 atom stereocenters. The molecule has 7 heteroatoms. The zero-order chi connectivity index (χ0) is 19.3. The predicted octanol–water partition coefficient (Wildman–Crippen LogP) is 4.47. The number of benzene rings is 2. The fourth-order valence-corrected chi connectivity index (χ4v) is 2.83. The lowest BCUT2D eigenvalue weighted by molar-refractivity contribution is -0.133. The van der Waals surface area contributed by atoms with E-state index in [1.165, 1.54) is 23.1 Å². The monoisotopic (exact) mass is 396 g/mol. The van der Waals surface area contributed by atoms with E-state index in [-0.39, 0.29) is 35.4 Å². The number of amides is 2. The van der Waals surface area contributed by atoms with Gasteiger partial charge in [-0.15, -0.1) is 0 Å². The summed E-state index contributed by atoms with van der Waals surface area (Å²) < 4.78 is 13.9. The molecule has 138 valence electrons. The van der Waals surface area contributed by atoms with E-state index in [1.807, 2.05) is 6.92 Å². The lowest BCUT2D eigenvalue weighted by Gasteiger charge is -2.21. The Bertz CT molecular complexity index is 807. The van der Waals surface area contributed by atoms with Crippen LogP contribution in [0.25, 0.3) is 0 Å². The molecule has 0 bridgehead atoms. The summed E-state index contributed by atoms with van der Waals surface area (Å²) in [6.45, 7) is 3.76. The first-order valence-electron chi connectivity index (χ1n) is 8.08. The molecule has 2 aromatic rings. The summed E-state index contributed by atoms with van der Waals surface area (Å²) in [5, 5.41) is 3.43. The van der Waals surface area contributed by atoms with Crippen molar-refractivity contribution in [3.8, 4) is 0 Å². The van der Waals surface area contributed by atoms with Gasteiger partial charge in [0, 0.05) is 27.8 Å². The van der Waals surface area contributed by atoms with Crippen LogP contribution in [0, 0.1) is 12.7 Å². The number of halogens is 3. The third-order valence-electron chi connectivity index (χ3n) is 3.93. The van der Waals surface area contributed by atoms with Gasteiger partial charge < -0.3 is 10.2 Å². The average Bonchev–Trinajstić information content (AvgIpc) is 2.59. The maximum Gasteiger partial charge on any atom is 0.244 e. The van der Waals surface area contributed by atoms with Gasteiger partial charge in [-0.3, -0.25) is 9.59 Å². The van der Waals surface area contributed by atoms with Crippen LogP contribution in [-0.4, -0.2) is 29.8 Å². The number of nitrogens with one attached hydrogen (secondary N) is 1. The summed E-state index contributed by atoms with van der Waals surface area (Å²) in [4.78, 5) is 26.1. The molecule has 2 rings (SSSR count). The molecule has 0 spiro atoms. The van der Waals surface area contributed by atoms with Gasteiger partial charge in [-0.2, -0.15) is 0 Å². The molecule has 0 heterocycles. The number of hydrogen-bond acceptors (Lipinski definition) is 2. The maximum absolute atomic E-state index is 13.9. The van der Waals surface area contributed by atoms with Crippen LogP contribution in [0.5, 0.6) is 0 Å². The Labute approximate surface area is 161 Å². The van der Waals surface area contributed by atoms with Gasteiger partial charge >= 0.3 is 0 Å². The number of rotatable bonds is 6. The third-order valence-corrected chi connectivity index (χ3v) is 4.52. The van der Waals surface area contributed by atoms with Crippen LogP contribution in [0.3, 0.4) is 0 Å². The molecule has 0 aliphatic rings. The van der Waals surface area contributed by atoms with Gasteiger partial charge in [0.15, 0.2) is 0 Å². The van der Waals surface area contributed by atoms with Crippen LogP contribution < -0.4 is 5.32 Å². The minimum atomic E-state index is -0.541. The van der Waals surface area contributed by atoms with Crippen molar-refractivity contribution in [3.63, 3.8) is 0 Å². The van der Waals surface area contributed by atoms with E-state index in [4.69, 9.17) is 23.2 Å². The second kappa shape index (κ2) is 9.01. The molecule has 0 radical (unpaired) electrons. The van der Waals surface area contributed by atoms with Gasteiger partial charge in [-0.25, -0.2) is 4.39 Å². The largest absolute Gasteiger partial charge is 0.333 e. The molecule has 0 fully saturated rings. The molecule has 4 nitrogen and oxygen atoms in total. The summed E-state index contributed by atoms with van der Waals surface area (Å²) in [5.41, 5.74) is 1.57. The van der Waals surface area contributed by atoms with E-state index < -0.39 is 5.82 Å². The molecule has 0 aliphatic carbocycles. The van der Waals surface area contributed by atoms with E-state index in [0.29, 0.717) is 17.3 Å². The Balaban J connectivity index is 2.05. The molecular weight excluding hydrogens is 378 g/mol. The molecular formula is C19H19Cl2FN2O2. The zero-order valence-electron chi connectivity index (χ0n) is 14.5. The highest BCUT2D eigenvalue weighted by atomic mass is 35.5. The van der Waals surface area contributed by atoms with E-state index in [9.17, 15) is 14.0 Å². The predicted molar refractivity (Wildman–Crippen MR) is 102 cm³/mol. The number of nitrogens with zero attached hydrogens (tertiary/aromatic N) is 1. The minimum Gasteiger partial charge on any atom is -0.333 e. The lowest BCUT2D eigenvalue weighted by Crippen LogP contribution is -2.39. The molecule has 1 N–H and O–H groups in total. The molecule has 0 saturated heterocycles. The highest BCUT2D eigenvalue weighted by Gasteiger charge is 2.19. The van der Waals surface area contributed by atoms with E-state index in [1.54, 1.807) is 25.1 Å². The Morgan fingerprint density at radius 2 is 1.92 bits per heavy atom. The van der Waals surface area contributed by atoms with Crippen LogP contribution in [0.1, 0.15) is 18.1 Å². The fourth-order valence-electron chi connectivity index (χ4n) is 2.43. The average molecular weight is 397 g/mol. The Hall–Kier alpha value is -2.11. The van der Waals surface area contributed by atoms with Crippen molar-refractivity contribution >= 4 is 40.7 Å². The van der Waals surface area contributed by atoms with Crippen molar-refractivity contribution in [2.75, 3.05) is 18.4 Å². The number of carbonyl (C=O) groups is 2. The van der Waals surface area contributed by atoms with Gasteiger partial charge in [-0.1, -0.05) is 35.3 Å².